The third-order valence-corrected chi connectivity index (χ3v) is 5.83. The Kier molecular flexibility index (Phi) is 8.20. The van der Waals surface area contributed by atoms with Crippen molar-refractivity contribution in [2.75, 3.05) is 20.3 Å². The second-order valence-electron chi connectivity index (χ2n) is 6.25. The third kappa shape index (κ3) is 6.29. The molecule has 168 valence electrons. The molecule has 0 amide bonds. The molecule has 31 heavy (non-hydrogen) atoms. The van der Waals surface area contributed by atoms with Crippen LogP contribution >= 0.6 is 0 Å². The highest BCUT2D eigenvalue weighted by molar-refractivity contribution is 7.90. The molecule has 0 aliphatic heterocycles. The number of methoxy groups -OCH3 is 1. The van der Waals surface area contributed by atoms with Gasteiger partial charge in [0.1, 0.15) is 0 Å². The van der Waals surface area contributed by atoms with E-state index in [4.69, 9.17) is 14.6 Å². The summed E-state index contributed by atoms with van der Waals surface area (Å²) < 4.78 is 63.8. The number of ether oxygens (including phenoxy) is 1. The molecule has 0 saturated carbocycles. The molecule has 7 nitrogen and oxygen atoms in total. The standard InChI is InChI=1S/C18H20N2O3S.C2HF3O2/c1-23-13-11-19-14-15-6-5-9-18-17(15)10-12-20(18)24(21,22)16-7-3-2-4-8-16;3-2(4,5)1(6)7/h2-10,12,19H,11,13-14H2,1H3;(H,6,7). The Morgan fingerprint density at radius 3 is 2.32 bits per heavy atom. The Bertz CT molecular complexity index is 1110. The van der Waals surface area contributed by atoms with Crippen LogP contribution in [0, 0.1) is 0 Å². The van der Waals surface area contributed by atoms with Crippen LogP contribution in [0.3, 0.4) is 0 Å². The zero-order valence-electron chi connectivity index (χ0n) is 16.5. The number of halogens is 3. The number of nitrogens with one attached hydrogen (secondary N) is 1. The van der Waals surface area contributed by atoms with Gasteiger partial charge in [-0.05, 0) is 29.8 Å². The van der Waals surface area contributed by atoms with E-state index in [1.165, 1.54) is 3.97 Å². The summed E-state index contributed by atoms with van der Waals surface area (Å²) in [6, 6.07) is 16.0. The third-order valence-electron chi connectivity index (χ3n) is 4.13. The van der Waals surface area contributed by atoms with Gasteiger partial charge in [0.2, 0.25) is 0 Å². The molecular formula is C20H21F3N2O5S. The van der Waals surface area contributed by atoms with Crippen molar-refractivity contribution in [1.29, 1.82) is 0 Å². The number of hydrogen-bond acceptors (Lipinski definition) is 5. The number of nitrogens with zero attached hydrogens (tertiary/aromatic N) is 1. The molecule has 0 radical (unpaired) electrons. The summed E-state index contributed by atoms with van der Waals surface area (Å²) in [7, 11) is -1.93. The summed E-state index contributed by atoms with van der Waals surface area (Å²) in [5.41, 5.74) is 1.75. The predicted octanol–water partition coefficient (Wildman–Crippen LogP) is 3.25. The zero-order chi connectivity index (χ0) is 23.1. The van der Waals surface area contributed by atoms with E-state index in [1.54, 1.807) is 43.6 Å². The summed E-state index contributed by atoms with van der Waals surface area (Å²) >= 11 is 0. The molecular weight excluding hydrogens is 437 g/mol. The van der Waals surface area contributed by atoms with E-state index in [2.05, 4.69) is 5.32 Å². The number of carboxylic acid groups (broad SMARTS) is 1. The molecule has 0 spiro atoms. The molecule has 0 unspecified atom stereocenters. The van der Waals surface area contributed by atoms with Gasteiger partial charge in [-0.3, -0.25) is 0 Å². The van der Waals surface area contributed by atoms with Crippen LogP contribution in [0.25, 0.3) is 10.9 Å². The van der Waals surface area contributed by atoms with Gasteiger partial charge in [0, 0.05) is 31.8 Å². The lowest BCUT2D eigenvalue weighted by atomic mass is 10.1. The molecule has 1 heterocycles. The fourth-order valence-electron chi connectivity index (χ4n) is 2.67. The van der Waals surface area contributed by atoms with Gasteiger partial charge < -0.3 is 15.2 Å². The van der Waals surface area contributed by atoms with Gasteiger partial charge >= 0.3 is 12.1 Å². The molecule has 3 rings (SSSR count). The van der Waals surface area contributed by atoms with Crippen LogP contribution in [0.4, 0.5) is 13.2 Å². The van der Waals surface area contributed by atoms with Gasteiger partial charge in [-0.25, -0.2) is 17.2 Å². The molecule has 0 bridgehead atoms. The number of hydrogen-bond donors (Lipinski definition) is 2. The molecule has 0 aliphatic rings. The van der Waals surface area contributed by atoms with E-state index in [9.17, 15) is 21.6 Å². The molecule has 0 aliphatic carbocycles. The quantitative estimate of drug-likeness (QED) is 0.528. The van der Waals surface area contributed by atoms with Crippen molar-refractivity contribution in [3.63, 3.8) is 0 Å². The molecule has 2 N–H and O–H groups in total. The van der Waals surface area contributed by atoms with Crippen LogP contribution in [0.5, 0.6) is 0 Å². The minimum absolute atomic E-state index is 0.283. The van der Waals surface area contributed by atoms with Crippen LogP contribution in [0.2, 0.25) is 0 Å². The molecule has 0 fully saturated rings. The smallest absolute Gasteiger partial charge is 0.475 e. The van der Waals surface area contributed by atoms with Gasteiger partial charge in [0.05, 0.1) is 17.0 Å². The maximum Gasteiger partial charge on any atom is 0.490 e. The van der Waals surface area contributed by atoms with Crippen molar-refractivity contribution < 1.29 is 36.2 Å². The Morgan fingerprint density at radius 1 is 1.10 bits per heavy atom. The van der Waals surface area contributed by atoms with Crippen LogP contribution in [-0.2, 0) is 26.1 Å². The highest BCUT2D eigenvalue weighted by Crippen LogP contribution is 2.24. The van der Waals surface area contributed by atoms with Crippen LogP contribution < -0.4 is 5.32 Å². The second kappa shape index (κ2) is 10.4. The lowest BCUT2D eigenvalue weighted by molar-refractivity contribution is -0.192. The minimum Gasteiger partial charge on any atom is -0.475 e. The van der Waals surface area contributed by atoms with E-state index in [1.807, 2.05) is 24.3 Å². The second-order valence-corrected chi connectivity index (χ2v) is 8.07. The Labute approximate surface area is 177 Å². The van der Waals surface area contributed by atoms with E-state index in [0.717, 1.165) is 17.5 Å². The minimum atomic E-state index is -5.08. The highest BCUT2D eigenvalue weighted by atomic mass is 32.2. The summed E-state index contributed by atoms with van der Waals surface area (Å²) in [6.07, 6.45) is -3.47. The molecule has 0 saturated heterocycles. The summed E-state index contributed by atoms with van der Waals surface area (Å²) in [5.74, 6) is -2.76. The number of alkyl halides is 3. The lowest BCUT2D eigenvalue weighted by Crippen LogP contribution is -2.21. The first kappa shape index (κ1) is 24.4. The van der Waals surface area contributed by atoms with E-state index in [-0.39, 0.29) is 4.90 Å². The van der Waals surface area contributed by atoms with Gasteiger partial charge in [0.25, 0.3) is 10.0 Å². The Balaban J connectivity index is 0.000000423. The average molecular weight is 458 g/mol. The average Bonchev–Trinajstić information content (AvgIpc) is 3.17. The molecule has 1 aromatic heterocycles. The summed E-state index contributed by atoms with van der Waals surface area (Å²) in [4.78, 5) is 9.18. The number of carboxylic acids is 1. The van der Waals surface area contributed by atoms with Crippen molar-refractivity contribution in [2.24, 2.45) is 0 Å². The summed E-state index contributed by atoms with van der Waals surface area (Å²) in [6.45, 7) is 2.05. The zero-order valence-corrected chi connectivity index (χ0v) is 17.3. The molecule has 3 aromatic rings. The van der Waals surface area contributed by atoms with Gasteiger partial charge in [-0.2, -0.15) is 13.2 Å². The normalized spacial score (nSPS) is 11.7. The lowest BCUT2D eigenvalue weighted by Gasteiger charge is -2.09. The number of benzene rings is 2. The summed E-state index contributed by atoms with van der Waals surface area (Å²) in [5, 5.41) is 11.3. The Hall–Kier alpha value is -2.89. The van der Waals surface area contributed by atoms with E-state index < -0.39 is 22.2 Å². The van der Waals surface area contributed by atoms with Crippen LogP contribution in [-0.4, -0.2) is 49.9 Å². The maximum atomic E-state index is 12.9. The van der Waals surface area contributed by atoms with Gasteiger partial charge in [0.15, 0.2) is 0 Å². The van der Waals surface area contributed by atoms with E-state index >= 15 is 0 Å². The number of aliphatic carboxylic acids is 1. The topological polar surface area (TPSA) is 97.6 Å². The predicted molar refractivity (Wildman–Crippen MR) is 108 cm³/mol. The van der Waals surface area contributed by atoms with Gasteiger partial charge in [-0.15, -0.1) is 0 Å². The number of fused-ring (bicyclic) bond motifs is 1. The van der Waals surface area contributed by atoms with Crippen LogP contribution in [0.1, 0.15) is 5.56 Å². The van der Waals surface area contributed by atoms with Crippen molar-refractivity contribution >= 4 is 26.9 Å². The molecule has 2 aromatic carbocycles. The first-order chi connectivity index (χ1) is 14.6. The molecule has 0 atom stereocenters. The largest absolute Gasteiger partial charge is 0.490 e. The van der Waals surface area contributed by atoms with Crippen molar-refractivity contribution in [1.82, 2.24) is 9.29 Å². The van der Waals surface area contributed by atoms with Gasteiger partial charge in [-0.1, -0.05) is 30.3 Å². The van der Waals surface area contributed by atoms with Crippen LogP contribution in [0.15, 0.2) is 65.7 Å². The first-order valence-corrected chi connectivity index (χ1v) is 10.4. The van der Waals surface area contributed by atoms with E-state index in [0.29, 0.717) is 18.7 Å². The molecule has 11 heteroatoms. The highest BCUT2D eigenvalue weighted by Gasteiger charge is 2.38. The fourth-order valence-corrected chi connectivity index (χ4v) is 4.04. The monoisotopic (exact) mass is 458 g/mol. The van der Waals surface area contributed by atoms with Crippen molar-refractivity contribution in [3.8, 4) is 0 Å². The number of aromatic nitrogens is 1. The van der Waals surface area contributed by atoms with Crippen molar-refractivity contribution in [3.05, 3.63) is 66.4 Å². The fraction of sp³-hybridized carbons (Fsp3) is 0.250. The Morgan fingerprint density at radius 2 is 1.74 bits per heavy atom. The first-order valence-electron chi connectivity index (χ1n) is 8.98. The SMILES string of the molecule is COCCNCc1cccc2c1ccn2S(=O)(=O)c1ccccc1.O=C(O)C(F)(F)F. The maximum absolute atomic E-state index is 12.9. The number of rotatable bonds is 7. The number of carbonyl (C=O) groups is 1. The van der Waals surface area contributed by atoms with Crippen molar-refractivity contribution in [2.45, 2.75) is 17.6 Å².